The molecule has 0 saturated heterocycles. The van der Waals surface area contributed by atoms with Crippen LogP contribution in [0.15, 0.2) is 76.2 Å². The molecule has 0 radical (unpaired) electrons. The van der Waals surface area contributed by atoms with Crippen molar-refractivity contribution in [2.75, 3.05) is 5.32 Å². The van der Waals surface area contributed by atoms with Crippen LogP contribution in [0.25, 0.3) is 10.9 Å². The molecular weight excluding hydrogens is 433 g/mol. The molecule has 160 valence electrons. The zero-order valence-electron chi connectivity index (χ0n) is 15.7. The summed E-state index contributed by atoms with van der Waals surface area (Å²) in [5.41, 5.74) is 0.356. The Kier molecular flexibility index (Phi) is 5.38. The normalized spacial score (nSPS) is 12.2. The third kappa shape index (κ3) is 4.67. The molecule has 0 saturated carbocycles. The highest BCUT2D eigenvalue weighted by Gasteiger charge is 2.35. The molecule has 0 spiro atoms. The number of para-hydroxylation sites is 1. The third-order valence-corrected chi connectivity index (χ3v) is 5.68. The first-order chi connectivity index (χ1) is 14.7. The molecule has 11 heteroatoms. The predicted octanol–water partition coefficient (Wildman–Crippen LogP) is 4.46. The number of hydrogen-bond acceptors (Lipinski definition) is 6. The number of hydrogen-bond donors (Lipinski definition) is 2. The smallest absolute Gasteiger partial charge is 0.451 e. The topological polar surface area (TPSA) is 97.1 Å². The van der Waals surface area contributed by atoms with E-state index in [4.69, 9.17) is 4.42 Å². The van der Waals surface area contributed by atoms with Crippen molar-refractivity contribution in [3.05, 3.63) is 78.5 Å². The average Bonchev–Trinajstić information content (AvgIpc) is 3.26. The van der Waals surface area contributed by atoms with Gasteiger partial charge in [0, 0.05) is 11.1 Å². The first kappa shape index (κ1) is 20.8. The lowest BCUT2D eigenvalue weighted by molar-refractivity contribution is -0.144. The van der Waals surface area contributed by atoms with Crippen LogP contribution in [0.1, 0.15) is 11.6 Å². The lowest BCUT2D eigenvalue weighted by atomic mass is 10.2. The van der Waals surface area contributed by atoms with Gasteiger partial charge in [0.2, 0.25) is 15.8 Å². The van der Waals surface area contributed by atoms with Gasteiger partial charge in [-0.3, -0.25) is 0 Å². The molecule has 0 bridgehead atoms. The van der Waals surface area contributed by atoms with Gasteiger partial charge in [-0.25, -0.2) is 23.1 Å². The number of nitrogens with one attached hydrogen (secondary N) is 2. The Bertz CT molecular complexity index is 1320. The van der Waals surface area contributed by atoms with Crippen molar-refractivity contribution in [3.8, 4) is 0 Å². The van der Waals surface area contributed by atoms with Gasteiger partial charge in [0.1, 0.15) is 11.6 Å². The minimum atomic E-state index is -4.73. The number of nitrogens with zero attached hydrogens (tertiary/aromatic N) is 2. The molecule has 2 heterocycles. The summed E-state index contributed by atoms with van der Waals surface area (Å²) < 4.78 is 72.3. The van der Waals surface area contributed by atoms with E-state index in [2.05, 4.69) is 20.0 Å². The van der Waals surface area contributed by atoms with Crippen LogP contribution in [0.2, 0.25) is 0 Å². The average molecular weight is 448 g/mol. The summed E-state index contributed by atoms with van der Waals surface area (Å²) in [6, 6.07) is 15.1. The Morgan fingerprint density at radius 2 is 1.77 bits per heavy atom. The van der Waals surface area contributed by atoms with Gasteiger partial charge in [0.25, 0.3) is 0 Å². The summed E-state index contributed by atoms with van der Waals surface area (Å²) in [4.78, 5) is 7.10. The summed E-state index contributed by atoms with van der Waals surface area (Å²) in [5, 5.41) is 3.14. The number of fused-ring (bicyclic) bond motifs is 1. The molecule has 7 nitrogen and oxygen atoms in total. The number of anilines is 2. The van der Waals surface area contributed by atoms with Crippen molar-refractivity contribution in [2.24, 2.45) is 0 Å². The van der Waals surface area contributed by atoms with E-state index in [0.29, 0.717) is 11.1 Å². The summed E-state index contributed by atoms with van der Waals surface area (Å²) in [5.74, 6) is -0.946. The van der Waals surface area contributed by atoms with E-state index >= 15 is 0 Å². The molecule has 2 aromatic carbocycles. The second-order valence-electron chi connectivity index (χ2n) is 6.47. The zero-order valence-corrected chi connectivity index (χ0v) is 16.5. The molecule has 2 aromatic heterocycles. The first-order valence-electron chi connectivity index (χ1n) is 8.95. The minimum absolute atomic E-state index is 0.0432. The fourth-order valence-electron chi connectivity index (χ4n) is 2.84. The van der Waals surface area contributed by atoms with E-state index in [9.17, 15) is 21.6 Å². The van der Waals surface area contributed by atoms with Crippen molar-refractivity contribution < 1.29 is 26.0 Å². The second kappa shape index (κ2) is 8.00. The molecule has 0 aliphatic carbocycles. The minimum Gasteiger partial charge on any atom is -0.468 e. The van der Waals surface area contributed by atoms with Crippen LogP contribution in [-0.2, 0) is 22.7 Å². The second-order valence-corrected chi connectivity index (χ2v) is 8.23. The predicted molar refractivity (Wildman–Crippen MR) is 107 cm³/mol. The zero-order chi connectivity index (χ0) is 22.1. The van der Waals surface area contributed by atoms with E-state index in [-0.39, 0.29) is 28.5 Å². The van der Waals surface area contributed by atoms with E-state index in [1.165, 1.54) is 36.6 Å². The number of aromatic nitrogens is 2. The van der Waals surface area contributed by atoms with Gasteiger partial charge in [0.15, 0.2) is 0 Å². The van der Waals surface area contributed by atoms with Gasteiger partial charge in [-0.1, -0.05) is 18.2 Å². The highest BCUT2D eigenvalue weighted by atomic mass is 32.2. The van der Waals surface area contributed by atoms with Crippen molar-refractivity contribution in [3.63, 3.8) is 0 Å². The maximum absolute atomic E-state index is 13.2. The fraction of sp³-hybridized carbons (Fsp3) is 0.100. The number of benzene rings is 2. The van der Waals surface area contributed by atoms with Gasteiger partial charge >= 0.3 is 6.18 Å². The molecule has 2 N–H and O–H groups in total. The van der Waals surface area contributed by atoms with E-state index in [0.717, 1.165) is 0 Å². The number of halogens is 3. The maximum Gasteiger partial charge on any atom is 0.451 e. The molecule has 0 aliphatic rings. The van der Waals surface area contributed by atoms with Crippen LogP contribution in [0.5, 0.6) is 0 Å². The molecule has 0 atom stereocenters. The number of sulfonamides is 1. The Hall–Kier alpha value is -3.44. The Labute approximate surface area is 175 Å². The monoisotopic (exact) mass is 448 g/mol. The molecular formula is C20H15F3N4O3S. The SMILES string of the molecule is O=S(=O)(NCc1ccco1)c1cccc(Nc2nc(C(F)(F)F)nc3ccccc23)c1. The Balaban J connectivity index is 1.65. The molecule has 0 fully saturated rings. The summed E-state index contributed by atoms with van der Waals surface area (Å²) in [6.07, 6.45) is -3.31. The van der Waals surface area contributed by atoms with Crippen LogP contribution >= 0.6 is 0 Å². The van der Waals surface area contributed by atoms with Crippen LogP contribution in [0.3, 0.4) is 0 Å². The number of alkyl halides is 3. The summed E-state index contributed by atoms with van der Waals surface area (Å²) >= 11 is 0. The van der Waals surface area contributed by atoms with Gasteiger partial charge < -0.3 is 9.73 Å². The summed E-state index contributed by atoms with van der Waals surface area (Å²) in [7, 11) is -3.89. The largest absolute Gasteiger partial charge is 0.468 e. The van der Waals surface area contributed by atoms with E-state index < -0.39 is 22.0 Å². The van der Waals surface area contributed by atoms with Crippen molar-refractivity contribution in [1.29, 1.82) is 0 Å². The molecule has 4 aromatic rings. The molecule has 4 rings (SSSR count). The van der Waals surface area contributed by atoms with Gasteiger partial charge in [-0.2, -0.15) is 13.2 Å². The van der Waals surface area contributed by atoms with Gasteiger partial charge in [-0.15, -0.1) is 0 Å². The van der Waals surface area contributed by atoms with Crippen LogP contribution in [-0.4, -0.2) is 18.4 Å². The highest BCUT2D eigenvalue weighted by Crippen LogP contribution is 2.31. The van der Waals surface area contributed by atoms with Crippen molar-refractivity contribution >= 4 is 32.4 Å². The van der Waals surface area contributed by atoms with Crippen molar-refractivity contribution in [2.45, 2.75) is 17.6 Å². The van der Waals surface area contributed by atoms with Gasteiger partial charge in [-0.05, 0) is 42.5 Å². The Morgan fingerprint density at radius 1 is 0.968 bits per heavy atom. The number of furan rings is 1. The maximum atomic E-state index is 13.2. The Morgan fingerprint density at radius 3 is 2.52 bits per heavy atom. The quantitative estimate of drug-likeness (QED) is 0.452. The van der Waals surface area contributed by atoms with Crippen molar-refractivity contribution in [1.82, 2.24) is 14.7 Å². The molecule has 31 heavy (non-hydrogen) atoms. The lowest BCUT2D eigenvalue weighted by Crippen LogP contribution is -2.23. The molecule has 0 unspecified atom stereocenters. The number of rotatable bonds is 6. The van der Waals surface area contributed by atoms with Crippen LogP contribution in [0, 0.1) is 0 Å². The third-order valence-electron chi connectivity index (χ3n) is 4.28. The van der Waals surface area contributed by atoms with E-state index in [1.807, 2.05) is 0 Å². The standard InChI is InChI=1S/C20H15F3N4O3S/c21-20(22,23)19-26-17-9-2-1-8-16(17)18(27-19)25-13-5-3-7-15(11-13)31(28,29)24-12-14-6-4-10-30-14/h1-11,24H,12H2,(H,25,26,27). The van der Waals surface area contributed by atoms with E-state index in [1.54, 1.807) is 30.3 Å². The first-order valence-corrected chi connectivity index (χ1v) is 10.4. The van der Waals surface area contributed by atoms with Crippen LogP contribution in [0.4, 0.5) is 24.7 Å². The van der Waals surface area contributed by atoms with Gasteiger partial charge in [0.05, 0.1) is 23.2 Å². The highest BCUT2D eigenvalue weighted by molar-refractivity contribution is 7.89. The molecule has 0 aliphatic heterocycles. The lowest BCUT2D eigenvalue weighted by Gasteiger charge is -2.13. The summed E-state index contributed by atoms with van der Waals surface area (Å²) in [6.45, 7) is -0.0432. The fourth-order valence-corrected chi connectivity index (χ4v) is 3.88. The van der Waals surface area contributed by atoms with Crippen LogP contribution < -0.4 is 10.0 Å². The molecule has 0 amide bonds.